The Kier molecular flexibility index (Phi) is 3.62. The lowest BCUT2D eigenvalue weighted by Gasteiger charge is -2.12. The molecule has 5 nitrogen and oxygen atoms in total. The molecule has 0 saturated heterocycles. The zero-order valence-electron chi connectivity index (χ0n) is 10.4. The number of aryl methyl sites for hydroxylation is 1. The van der Waals surface area contributed by atoms with E-state index in [2.05, 4.69) is 16.9 Å². The van der Waals surface area contributed by atoms with E-state index in [0.717, 1.165) is 17.7 Å². The first-order valence-electron chi connectivity index (χ1n) is 5.66. The molecule has 1 heterocycles. The highest BCUT2D eigenvalue weighted by Gasteiger charge is 2.13. The molecule has 0 radical (unpaired) electrons. The molecule has 5 heteroatoms. The summed E-state index contributed by atoms with van der Waals surface area (Å²) in [4.78, 5) is 7.90. The topological polar surface area (TPSA) is 70.3 Å². The normalized spacial score (nSPS) is 10.1. The Balaban J connectivity index is 2.37. The van der Waals surface area contributed by atoms with Crippen molar-refractivity contribution < 1.29 is 9.47 Å². The smallest absolute Gasteiger partial charge is 0.268 e. The van der Waals surface area contributed by atoms with Crippen molar-refractivity contribution in [3.63, 3.8) is 0 Å². The summed E-state index contributed by atoms with van der Waals surface area (Å²) in [5.41, 5.74) is 6.79. The Hall–Kier alpha value is -2.30. The average Bonchev–Trinajstić information content (AvgIpc) is 2.40. The van der Waals surface area contributed by atoms with Gasteiger partial charge in [0.25, 0.3) is 5.88 Å². The van der Waals surface area contributed by atoms with E-state index in [-0.39, 0.29) is 5.82 Å². The van der Waals surface area contributed by atoms with Gasteiger partial charge >= 0.3 is 0 Å². The fourth-order valence-electron chi connectivity index (χ4n) is 1.63. The zero-order valence-corrected chi connectivity index (χ0v) is 10.4. The van der Waals surface area contributed by atoms with Crippen molar-refractivity contribution in [3.05, 3.63) is 36.2 Å². The van der Waals surface area contributed by atoms with Crippen LogP contribution in [0.3, 0.4) is 0 Å². The van der Waals surface area contributed by atoms with Gasteiger partial charge < -0.3 is 15.2 Å². The number of nitrogens with zero attached hydrogens (tertiary/aromatic N) is 2. The van der Waals surface area contributed by atoms with E-state index in [9.17, 15) is 0 Å². The molecule has 2 N–H and O–H groups in total. The highest BCUT2D eigenvalue weighted by atomic mass is 16.5. The summed E-state index contributed by atoms with van der Waals surface area (Å²) in [6.07, 6.45) is 2.22. The lowest BCUT2D eigenvalue weighted by atomic mass is 10.1. The van der Waals surface area contributed by atoms with Gasteiger partial charge in [-0.05, 0) is 18.1 Å². The minimum absolute atomic E-state index is 0.261. The molecule has 1 aromatic carbocycles. The number of rotatable bonds is 4. The molecule has 1 aromatic heterocycles. The number of methoxy groups -OCH3 is 1. The van der Waals surface area contributed by atoms with Crippen molar-refractivity contribution in [3.8, 4) is 17.4 Å². The predicted octanol–water partition coefficient (Wildman–Crippen LogP) is 2.42. The third-order valence-electron chi connectivity index (χ3n) is 2.56. The van der Waals surface area contributed by atoms with Crippen LogP contribution in [0.1, 0.15) is 12.5 Å². The first-order valence-corrected chi connectivity index (χ1v) is 5.66. The molecule has 0 fully saturated rings. The molecule has 2 aromatic rings. The van der Waals surface area contributed by atoms with Crippen LogP contribution in [0.25, 0.3) is 0 Å². The summed E-state index contributed by atoms with van der Waals surface area (Å²) in [5.74, 6) is 1.68. The number of nitrogen functional groups attached to an aromatic ring is 1. The average molecular weight is 245 g/mol. The molecule has 18 heavy (non-hydrogen) atoms. The van der Waals surface area contributed by atoms with E-state index >= 15 is 0 Å². The quantitative estimate of drug-likeness (QED) is 0.895. The molecule has 0 aliphatic heterocycles. The second kappa shape index (κ2) is 5.35. The Morgan fingerprint density at radius 2 is 2.00 bits per heavy atom. The largest absolute Gasteiger partial charge is 0.489 e. The zero-order chi connectivity index (χ0) is 13.0. The number of hydrogen-bond acceptors (Lipinski definition) is 5. The highest BCUT2D eigenvalue weighted by Crippen LogP contribution is 2.33. The van der Waals surface area contributed by atoms with Gasteiger partial charge in [-0.3, -0.25) is 0 Å². The van der Waals surface area contributed by atoms with Gasteiger partial charge in [0.15, 0.2) is 5.82 Å². The molecular weight excluding hydrogens is 230 g/mol. The van der Waals surface area contributed by atoms with E-state index in [4.69, 9.17) is 15.2 Å². The predicted molar refractivity (Wildman–Crippen MR) is 68.9 cm³/mol. The number of hydrogen-bond donors (Lipinski definition) is 1. The van der Waals surface area contributed by atoms with Crippen molar-refractivity contribution in [2.75, 3.05) is 12.8 Å². The van der Waals surface area contributed by atoms with Crippen LogP contribution in [-0.2, 0) is 6.42 Å². The van der Waals surface area contributed by atoms with Crippen LogP contribution in [0.15, 0.2) is 30.6 Å². The molecule has 0 atom stereocenters. The lowest BCUT2D eigenvalue weighted by Crippen LogP contribution is -2.01. The van der Waals surface area contributed by atoms with Gasteiger partial charge in [-0.2, -0.15) is 4.98 Å². The van der Waals surface area contributed by atoms with Gasteiger partial charge in [-0.25, -0.2) is 4.98 Å². The van der Waals surface area contributed by atoms with Crippen molar-refractivity contribution >= 4 is 5.82 Å². The van der Waals surface area contributed by atoms with Crippen molar-refractivity contribution in [1.82, 2.24) is 9.97 Å². The van der Waals surface area contributed by atoms with Gasteiger partial charge in [0.1, 0.15) is 12.1 Å². The van der Waals surface area contributed by atoms with Crippen LogP contribution in [-0.4, -0.2) is 17.1 Å². The maximum absolute atomic E-state index is 5.75. The first-order chi connectivity index (χ1) is 8.76. The fourth-order valence-corrected chi connectivity index (χ4v) is 1.63. The highest BCUT2D eigenvalue weighted by molar-refractivity contribution is 5.53. The van der Waals surface area contributed by atoms with Crippen LogP contribution in [0.2, 0.25) is 0 Å². The summed E-state index contributed by atoms with van der Waals surface area (Å²) >= 11 is 0. The van der Waals surface area contributed by atoms with Crippen LogP contribution < -0.4 is 15.2 Å². The van der Waals surface area contributed by atoms with Crippen LogP contribution in [0, 0.1) is 0 Å². The standard InChI is InChI=1S/C13H15N3O2/c1-3-9-6-4-5-7-10(9)18-13-11(17-2)12(14)15-8-16-13/h4-8H,3H2,1-2H3,(H2,14,15,16). The maximum Gasteiger partial charge on any atom is 0.268 e. The summed E-state index contributed by atoms with van der Waals surface area (Å²) in [6, 6.07) is 7.77. The van der Waals surface area contributed by atoms with Crippen LogP contribution in [0.4, 0.5) is 5.82 Å². The van der Waals surface area contributed by atoms with Crippen molar-refractivity contribution in [1.29, 1.82) is 0 Å². The van der Waals surface area contributed by atoms with Crippen molar-refractivity contribution in [2.45, 2.75) is 13.3 Å². The molecule has 0 aliphatic carbocycles. The Bertz CT molecular complexity index is 544. The number of ether oxygens (including phenoxy) is 2. The molecule has 0 spiro atoms. The SMILES string of the molecule is CCc1ccccc1Oc1ncnc(N)c1OC. The Labute approximate surface area is 106 Å². The number of para-hydroxylation sites is 1. The van der Waals surface area contributed by atoms with Gasteiger partial charge in [0.05, 0.1) is 7.11 Å². The molecule has 0 aliphatic rings. The van der Waals surface area contributed by atoms with Crippen LogP contribution in [0.5, 0.6) is 17.4 Å². The number of anilines is 1. The van der Waals surface area contributed by atoms with E-state index in [1.54, 1.807) is 0 Å². The third-order valence-corrected chi connectivity index (χ3v) is 2.56. The number of nitrogens with two attached hydrogens (primary N) is 1. The molecule has 0 amide bonds. The Morgan fingerprint density at radius 3 is 2.72 bits per heavy atom. The summed E-state index contributed by atoms with van der Waals surface area (Å²) in [5, 5.41) is 0. The second-order valence-electron chi connectivity index (χ2n) is 3.66. The summed E-state index contributed by atoms with van der Waals surface area (Å²) in [7, 11) is 1.51. The fraction of sp³-hybridized carbons (Fsp3) is 0.231. The minimum atomic E-state index is 0.261. The van der Waals surface area contributed by atoms with Gasteiger partial charge in [-0.15, -0.1) is 0 Å². The lowest BCUT2D eigenvalue weighted by molar-refractivity contribution is 0.368. The molecule has 0 bridgehead atoms. The molecule has 0 unspecified atom stereocenters. The number of aromatic nitrogens is 2. The maximum atomic E-state index is 5.75. The number of benzene rings is 1. The molecule has 2 rings (SSSR count). The summed E-state index contributed by atoms with van der Waals surface area (Å²) in [6.45, 7) is 2.06. The summed E-state index contributed by atoms with van der Waals surface area (Å²) < 4.78 is 10.9. The van der Waals surface area contributed by atoms with Gasteiger partial charge in [-0.1, -0.05) is 25.1 Å². The Morgan fingerprint density at radius 1 is 1.22 bits per heavy atom. The van der Waals surface area contributed by atoms with Crippen molar-refractivity contribution in [2.24, 2.45) is 0 Å². The molecular formula is C13H15N3O2. The minimum Gasteiger partial charge on any atom is -0.489 e. The van der Waals surface area contributed by atoms with E-state index in [1.807, 2.05) is 24.3 Å². The molecule has 94 valence electrons. The first kappa shape index (κ1) is 12.2. The third kappa shape index (κ3) is 2.34. The van der Waals surface area contributed by atoms with E-state index < -0.39 is 0 Å². The molecule has 0 saturated carbocycles. The monoisotopic (exact) mass is 245 g/mol. The van der Waals surface area contributed by atoms with E-state index in [0.29, 0.717) is 11.6 Å². The second-order valence-corrected chi connectivity index (χ2v) is 3.66. The van der Waals surface area contributed by atoms with E-state index in [1.165, 1.54) is 13.4 Å². The van der Waals surface area contributed by atoms with Gasteiger partial charge in [0, 0.05) is 0 Å². The van der Waals surface area contributed by atoms with Gasteiger partial charge in [0.2, 0.25) is 5.75 Å². The van der Waals surface area contributed by atoms with Crippen LogP contribution >= 0.6 is 0 Å².